The quantitative estimate of drug-likeness (QED) is 0.333. The number of thioether (sulfide) groups is 1. The molecule has 4 heteroatoms. The summed E-state index contributed by atoms with van der Waals surface area (Å²) in [6, 6.07) is 6.82. The minimum atomic E-state index is -1.97. The van der Waals surface area contributed by atoms with Crippen molar-refractivity contribution in [1.29, 1.82) is 0 Å². The molecule has 1 aromatic carbocycles. The SMILES string of the molecule is CSc1ccc(C(C)(F)N=C=O)cc1. The van der Waals surface area contributed by atoms with Gasteiger partial charge in [0.1, 0.15) is 0 Å². The highest BCUT2D eigenvalue weighted by molar-refractivity contribution is 7.98. The molecule has 0 bridgehead atoms. The number of benzene rings is 1. The van der Waals surface area contributed by atoms with Crippen molar-refractivity contribution in [1.82, 2.24) is 0 Å². The van der Waals surface area contributed by atoms with E-state index in [1.807, 2.05) is 6.26 Å². The maximum absolute atomic E-state index is 13.6. The van der Waals surface area contributed by atoms with Gasteiger partial charge in [-0.1, -0.05) is 12.1 Å². The van der Waals surface area contributed by atoms with E-state index in [-0.39, 0.29) is 0 Å². The van der Waals surface area contributed by atoms with Crippen molar-refractivity contribution < 1.29 is 9.18 Å². The summed E-state index contributed by atoms with van der Waals surface area (Å²) in [6.07, 6.45) is 3.17. The number of carbonyl (C=O) groups excluding carboxylic acids is 1. The predicted octanol–water partition coefficient (Wildman–Crippen LogP) is 2.89. The van der Waals surface area contributed by atoms with Crippen LogP contribution in [0.2, 0.25) is 0 Å². The van der Waals surface area contributed by atoms with Gasteiger partial charge in [0.25, 0.3) is 0 Å². The topological polar surface area (TPSA) is 29.4 Å². The van der Waals surface area contributed by atoms with Crippen molar-refractivity contribution in [3.63, 3.8) is 0 Å². The van der Waals surface area contributed by atoms with E-state index >= 15 is 0 Å². The molecular formula is C10H10FNOS. The molecule has 0 spiro atoms. The third kappa shape index (κ3) is 2.44. The Bertz CT molecular complexity index is 355. The molecule has 74 valence electrons. The molecule has 1 aromatic rings. The molecule has 1 atom stereocenters. The maximum atomic E-state index is 13.6. The molecule has 14 heavy (non-hydrogen) atoms. The Labute approximate surface area is 86.2 Å². The van der Waals surface area contributed by atoms with Gasteiger partial charge in [-0.3, -0.25) is 0 Å². The first-order valence-electron chi connectivity index (χ1n) is 4.02. The van der Waals surface area contributed by atoms with Crippen molar-refractivity contribution in [2.45, 2.75) is 17.6 Å². The van der Waals surface area contributed by atoms with Crippen LogP contribution in [0.1, 0.15) is 12.5 Å². The van der Waals surface area contributed by atoms with Crippen molar-refractivity contribution in [3.05, 3.63) is 29.8 Å². The molecule has 0 saturated carbocycles. The van der Waals surface area contributed by atoms with Crippen LogP contribution in [0.5, 0.6) is 0 Å². The molecule has 0 N–H and O–H groups in total. The molecule has 0 amide bonds. The van der Waals surface area contributed by atoms with Crippen LogP contribution in [0.3, 0.4) is 0 Å². The monoisotopic (exact) mass is 211 g/mol. The first-order chi connectivity index (χ1) is 6.60. The molecule has 0 heterocycles. The van der Waals surface area contributed by atoms with E-state index in [1.165, 1.54) is 13.0 Å². The fraction of sp³-hybridized carbons (Fsp3) is 0.300. The highest BCUT2D eigenvalue weighted by Crippen LogP contribution is 2.27. The number of hydrogen-bond acceptors (Lipinski definition) is 3. The fourth-order valence-electron chi connectivity index (χ4n) is 1.05. The summed E-state index contributed by atoms with van der Waals surface area (Å²) in [4.78, 5) is 14.1. The van der Waals surface area contributed by atoms with Gasteiger partial charge in [0, 0.05) is 10.5 Å². The van der Waals surface area contributed by atoms with Gasteiger partial charge in [-0.2, -0.15) is 4.99 Å². The van der Waals surface area contributed by atoms with Crippen LogP contribution < -0.4 is 0 Å². The van der Waals surface area contributed by atoms with Crippen LogP contribution in [-0.4, -0.2) is 12.3 Å². The molecule has 0 radical (unpaired) electrons. The summed E-state index contributed by atoms with van der Waals surface area (Å²) in [5.41, 5.74) is 0.360. The Morgan fingerprint density at radius 1 is 1.43 bits per heavy atom. The first-order valence-corrected chi connectivity index (χ1v) is 5.25. The van der Waals surface area contributed by atoms with Crippen molar-refractivity contribution in [2.75, 3.05) is 6.26 Å². The second-order valence-electron chi connectivity index (χ2n) is 2.88. The van der Waals surface area contributed by atoms with E-state index in [4.69, 9.17) is 0 Å². The Kier molecular flexibility index (Phi) is 3.44. The van der Waals surface area contributed by atoms with E-state index in [1.54, 1.807) is 36.0 Å². The Hall–Kier alpha value is -1.12. The highest BCUT2D eigenvalue weighted by Gasteiger charge is 2.24. The molecule has 0 fully saturated rings. The number of halogens is 1. The van der Waals surface area contributed by atoms with Gasteiger partial charge in [0.05, 0.1) is 0 Å². The third-order valence-corrected chi connectivity index (χ3v) is 2.62. The second-order valence-corrected chi connectivity index (χ2v) is 3.76. The Morgan fingerprint density at radius 3 is 2.43 bits per heavy atom. The van der Waals surface area contributed by atoms with Crippen molar-refractivity contribution in [2.24, 2.45) is 4.99 Å². The average Bonchev–Trinajstić information content (AvgIpc) is 2.18. The molecular weight excluding hydrogens is 201 g/mol. The zero-order chi connectivity index (χ0) is 10.6. The first kappa shape index (κ1) is 11.0. The van der Waals surface area contributed by atoms with E-state index in [2.05, 4.69) is 4.99 Å². The van der Waals surface area contributed by atoms with Crippen molar-refractivity contribution in [3.8, 4) is 0 Å². The van der Waals surface area contributed by atoms with Gasteiger partial charge in [-0.15, -0.1) is 11.8 Å². The predicted molar refractivity (Wildman–Crippen MR) is 54.8 cm³/mol. The third-order valence-electron chi connectivity index (χ3n) is 1.87. The minimum absolute atomic E-state index is 0.360. The normalized spacial score (nSPS) is 14.2. The standard InChI is InChI=1S/C10H10FNOS/c1-10(11,12-7-13)8-3-5-9(14-2)6-4-8/h3-6H,1-2H3. The second kappa shape index (κ2) is 4.40. The summed E-state index contributed by atoms with van der Waals surface area (Å²) < 4.78 is 13.6. The summed E-state index contributed by atoms with van der Waals surface area (Å²) in [6.45, 7) is 1.23. The van der Waals surface area contributed by atoms with Crippen LogP contribution in [0, 0.1) is 0 Å². The van der Waals surface area contributed by atoms with Gasteiger partial charge < -0.3 is 0 Å². The molecule has 0 aliphatic rings. The molecule has 1 unspecified atom stereocenters. The zero-order valence-corrected chi connectivity index (χ0v) is 8.77. The van der Waals surface area contributed by atoms with E-state index in [0.29, 0.717) is 5.56 Å². The van der Waals surface area contributed by atoms with Gasteiger partial charge in [-0.05, 0) is 25.3 Å². The smallest absolute Gasteiger partial charge is 0.212 e. The lowest BCUT2D eigenvalue weighted by molar-refractivity contribution is 0.206. The zero-order valence-electron chi connectivity index (χ0n) is 7.95. The van der Waals surface area contributed by atoms with Gasteiger partial charge in [0.15, 0.2) is 0 Å². The van der Waals surface area contributed by atoms with E-state index < -0.39 is 5.79 Å². The molecule has 2 nitrogen and oxygen atoms in total. The number of nitrogens with zero attached hydrogens (tertiary/aromatic N) is 1. The molecule has 1 rings (SSSR count). The number of rotatable bonds is 3. The maximum Gasteiger partial charge on any atom is 0.238 e. The number of aliphatic imine (C=N–C) groups is 1. The largest absolute Gasteiger partial charge is 0.238 e. The van der Waals surface area contributed by atoms with Gasteiger partial charge in [0.2, 0.25) is 11.9 Å². The minimum Gasteiger partial charge on any atom is -0.212 e. The van der Waals surface area contributed by atoms with E-state index in [0.717, 1.165) is 4.90 Å². The van der Waals surface area contributed by atoms with Crippen LogP contribution in [0.15, 0.2) is 34.2 Å². The van der Waals surface area contributed by atoms with E-state index in [9.17, 15) is 9.18 Å². The van der Waals surface area contributed by atoms with Crippen LogP contribution in [0.4, 0.5) is 4.39 Å². The lowest BCUT2D eigenvalue weighted by Gasteiger charge is -2.13. The molecule has 0 aliphatic heterocycles. The van der Waals surface area contributed by atoms with Crippen molar-refractivity contribution >= 4 is 17.8 Å². The summed E-state index contributed by atoms with van der Waals surface area (Å²) in [7, 11) is 0. The molecule has 0 saturated heterocycles. The molecule has 0 aromatic heterocycles. The van der Waals surface area contributed by atoms with Gasteiger partial charge >= 0.3 is 0 Å². The van der Waals surface area contributed by atoms with Crippen LogP contribution in [-0.2, 0) is 10.6 Å². The summed E-state index contributed by atoms with van der Waals surface area (Å²) in [5, 5.41) is 0. The summed E-state index contributed by atoms with van der Waals surface area (Å²) >= 11 is 1.57. The highest BCUT2D eigenvalue weighted by atomic mass is 32.2. The van der Waals surface area contributed by atoms with Crippen LogP contribution in [0.25, 0.3) is 0 Å². The Balaban J connectivity index is 3.02. The number of alkyl halides is 1. The number of isocyanates is 1. The number of hydrogen-bond donors (Lipinski definition) is 0. The average molecular weight is 211 g/mol. The van der Waals surface area contributed by atoms with Crippen LogP contribution >= 0.6 is 11.8 Å². The summed E-state index contributed by atoms with van der Waals surface area (Å²) in [5.74, 6) is -1.97. The lowest BCUT2D eigenvalue weighted by Crippen LogP contribution is -2.10. The van der Waals surface area contributed by atoms with Gasteiger partial charge in [-0.25, -0.2) is 9.18 Å². The fourth-order valence-corrected chi connectivity index (χ4v) is 1.45. The molecule has 0 aliphatic carbocycles. The Morgan fingerprint density at radius 2 is 2.00 bits per heavy atom. The lowest BCUT2D eigenvalue weighted by atomic mass is 10.1.